The van der Waals surface area contributed by atoms with Gasteiger partial charge in [0.2, 0.25) is 11.8 Å². The molecule has 1 saturated heterocycles. The van der Waals surface area contributed by atoms with Crippen molar-refractivity contribution in [1.82, 2.24) is 15.5 Å². The molecule has 0 radical (unpaired) electrons. The minimum absolute atomic E-state index is 0.0165. The summed E-state index contributed by atoms with van der Waals surface area (Å²) >= 11 is 0. The van der Waals surface area contributed by atoms with Crippen LogP contribution in [0.2, 0.25) is 0 Å². The number of carbonyl (C=O) groups is 2. The van der Waals surface area contributed by atoms with Crippen molar-refractivity contribution in [2.45, 2.75) is 27.2 Å². The highest BCUT2D eigenvalue weighted by molar-refractivity contribution is 5.88. The van der Waals surface area contributed by atoms with Crippen LogP contribution in [0.1, 0.15) is 32.8 Å². The zero-order valence-corrected chi connectivity index (χ0v) is 18.8. The van der Waals surface area contributed by atoms with E-state index in [0.29, 0.717) is 25.3 Å². The first-order valence-electron chi connectivity index (χ1n) is 10.7. The highest BCUT2D eigenvalue weighted by atomic mass is 16.2. The normalized spacial score (nSPS) is 17.1. The average molecular weight is 420 g/mol. The lowest BCUT2D eigenvalue weighted by Crippen LogP contribution is -2.30. The third-order valence-electron chi connectivity index (χ3n) is 5.14. The fourth-order valence-corrected chi connectivity index (χ4v) is 3.23. The Morgan fingerprint density at radius 3 is 2.61 bits per heavy atom. The maximum Gasteiger partial charge on any atom is 0.246 e. The van der Waals surface area contributed by atoms with Gasteiger partial charge in [0.05, 0.1) is 6.54 Å². The summed E-state index contributed by atoms with van der Waals surface area (Å²) in [6, 6.07) is 10.3. The van der Waals surface area contributed by atoms with E-state index in [1.807, 2.05) is 55.2 Å². The topological polar surface area (TPSA) is 61.4 Å². The third kappa shape index (κ3) is 7.87. The zero-order valence-electron chi connectivity index (χ0n) is 18.8. The van der Waals surface area contributed by atoms with Crippen LogP contribution in [0, 0.1) is 0 Å². The van der Waals surface area contributed by atoms with Crippen molar-refractivity contribution in [3.8, 4) is 0 Å². The summed E-state index contributed by atoms with van der Waals surface area (Å²) in [4.78, 5) is 26.1. The molecule has 0 saturated carbocycles. The van der Waals surface area contributed by atoms with Gasteiger partial charge in [-0.25, -0.2) is 0 Å². The van der Waals surface area contributed by atoms with E-state index >= 15 is 0 Å². The first kappa shape index (κ1) is 24.1. The predicted octanol–water partition coefficient (Wildman–Crippen LogP) is 3.99. The third-order valence-corrected chi connectivity index (χ3v) is 5.14. The molecule has 164 valence electrons. The van der Waals surface area contributed by atoms with Crippen molar-refractivity contribution in [2.24, 2.45) is 0 Å². The molecule has 1 heterocycles. The van der Waals surface area contributed by atoms with Crippen LogP contribution < -0.4 is 10.6 Å². The number of rotatable bonds is 8. The molecule has 1 aliphatic heterocycles. The lowest BCUT2D eigenvalue weighted by molar-refractivity contribution is -0.125. The number of benzene rings is 1. The van der Waals surface area contributed by atoms with E-state index in [-0.39, 0.29) is 18.4 Å². The van der Waals surface area contributed by atoms with E-state index in [0.717, 1.165) is 17.6 Å². The van der Waals surface area contributed by atoms with Crippen LogP contribution in [0.5, 0.6) is 0 Å². The molecular weight excluding hydrogens is 386 g/mol. The second-order valence-corrected chi connectivity index (χ2v) is 7.38. The predicted molar refractivity (Wildman–Crippen MR) is 128 cm³/mol. The Bertz CT molecular complexity index is 908. The quantitative estimate of drug-likeness (QED) is 0.495. The van der Waals surface area contributed by atoms with Crippen LogP contribution in [0.4, 0.5) is 0 Å². The fourth-order valence-electron chi connectivity index (χ4n) is 3.23. The highest BCUT2D eigenvalue weighted by Crippen LogP contribution is 2.14. The van der Waals surface area contributed by atoms with Gasteiger partial charge in [0.1, 0.15) is 0 Å². The number of carbonyl (C=O) groups excluding carboxylic acids is 2. The first-order valence-corrected chi connectivity index (χ1v) is 10.7. The molecule has 0 aromatic heterocycles. The van der Waals surface area contributed by atoms with Crippen LogP contribution in [-0.4, -0.2) is 42.9 Å². The largest absolute Gasteiger partial charge is 0.339 e. The number of likely N-dealkylation sites (N-methyl/N-ethyl adjacent to an activating group) is 1. The summed E-state index contributed by atoms with van der Waals surface area (Å²) in [6.07, 6.45) is 10.3. The Balaban J connectivity index is 1.97. The van der Waals surface area contributed by atoms with Crippen molar-refractivity contribution in [2.75, 3.05) is 26.2 Å². The summed E-state index contributed by atoms with van der Waals surface area (Å²) in [6.45, 7) is 12.1. The number of nitrogens with one attached hydrogen (secondary N) is 2. The zero-order chi connectivity index (χ0) is 22.6. The fraction of sp³-hybridized carbons (Fsp3) is 0.308. The van der Waals surface area contributed by atoms with Gasteiger partial charge in [0.25, 0.3) is 0 Å². The maximum absolute atomic E-state index is 12.7. The molecule has 1 aromatic carbocycles. The molecule has 5 heteroatoms. The Hall–Kier alpha value is -3.18. The van der Waals surface area contributed by atoms with Crippen LogP contribution >= 0.6 is 0 Å². The molecule has 1 aliphatic rings. The molecule has 2 amide bonds. The van der Waals surface area contributed by atoms with E-state index in [4.69, 9.17) is 0 Å². The lowest BCUT2D eigenvalue weighted by atomic mass is 10.1. The van der Waals surface area contributed by atoms with E-state index in [1.165, 1.54) is 11.1 Å². The van der Waals surface area contributed by atoms with E-state index in [9.17, 15) is 9.59 Å². The average Bonchev–Trinajstić information content (AvgIpc) is 2.93. The van der Waals surface area contributed by atoms with Crippen LogP contribution in [-0.2, 0) is 9.59 Å². The van der Waals surface area contributed by atoms with Gasteiger partial charge in [0, 0.05) is 31.4 Å². The molecule has 1 aromatic rings. The number of allylic oxidation sites excluding steroid dienone is 5. The molecular formula is C26H33N3O2. The first-order chi connectivity index (χ1) is 14.9. The van der Waals surface area contributed by atoms with Crippen molar-refractivity contribution in [3.63, 3.8) is 0 Å². The van der Waals surface area contributed by atoms with Crippen molar-refractivity contribution < 1.29 is 9.59 Å². The highest BCUT2D eigenvalue weighted by Gasteiger charge is 2.13. The lowest BCUT2D eigenvalue weighted by Gasteiger charge is -2.18. The number of hydrogen-bond donors (Lipinski definition) is 2. The molecule has 0 spiro atoms. The summed E-state index contributed by atoms with van der Waals surface area (Å²) < 4.78 is 0. The second kappa shape index (κ2) is 12.5. The molecule has 2 N–H and O–H groups in total. The van der Waals surface area contributed by atoms with Gasteiger partial charge in [-0.15, -0.1) is 0 Å². The number of amides is 2. The molecule has 2 rings (SSSR count). The SMILES string of the molecule is C=C1NC(=O)CNC/C1=C/C(=C\C)/C=C/C(=O)N(CC)CC/C=C(\C)c1ccccc1. The van der Waals surface area contributed by atoms with Gasteiger partial charge in [0.15, 0.2) is 0 Å². The van der Waals surface area contributed by atoms with Crippen molar-refractivity contribution in [1.29, 1.82) is 0 Å². The minimum Gasteiger partial charge on any atom is -0.339 e. The molecule has 5 nitrogen and oxygen atoms in total. The second-order valence-electron chi connectivity index (χ2n) is 7.38. The number of nitrogens with zero attached hydrogens (tertiary/aromatic N) is 1. The van der Waals surface area contributed by atoms with Crippen molar-refractivity contribution in [3.05, 3.63) is 89.7 Å². The van der Waals surface area contributed by atoms with Gasteiger partial charge < -0.3 is 15.5 Å². The maximum atomic E-state index is 12.7. The van der Waals surface area contributed by atoms with Gasteiger partial charge in [-0.05, 0) is 61.6 Å². The molecule has 0 unspecified atom stereocenters. The molecule has 0 atom stereocenters. The minimum atomic E-state index is -0.101. The summed E-state index contributed by atoms with van der Waals surface area (Å²) in [7, 11) is 0. The Labute approximate surface area is 185 Å². The van der Waals surface area contributed by atoms with Crippen LogP contribution in [0.25, 0.3) is 5.57 Å². The van der Waals surface area contributed by atoms with E-state index in [1.54, 1.807) is 6.08 Å². The van der Waals surface area contributed by atoms with Gasteiger partial charge in [-0.3, -0.25) is 9.59 Å². The molecule has 1 fully saturated rings. The molecule has 0 bridgehead atoms. The van der Waals surface area contributed by atoms with Crippen LogP contribution in [0.3, 0.4) is 0 Å². The van der Waals surface area contributed by atoms with Crippen molar-refractivity contribution >= 4 is 17.4 Å². The van der Waals surface area contributed by atoms with Crippen LogP contribution in [0.15, 0.2) is 84.1 Å². The summed E-state index contributed by atoms with van der Waals surface area (Å²) in [5, 5.41) is 5.83. The summed E-state index contributed by atoms with van der Waals surface area (Å²) in [5.41, 5.74) is 4.79. The number of hydrogen-bond acceptors (Lipinski definition) is 3. The Morgan fingerprint density at radius 2 is 1.94 bits per heavy atom. The Kier molecular flexibility index (Phi) is 9.72. The van der Waals surface area contributed by atoms with E-state index < -0.39 is 0 Å². The van der Waals surface area contributed by atoms with Gasteiger partial charge in [-0.2, -0.15) is 0 Å². The molecule has 31 heavy (non-hydrogen) atoms. The monoisotopic (exact) mass is 419 g/mol. The smallest absolute Gasteiger partial charge is 0.246 e. The summed E-state index contributed by atoms with van der Waals surface area (Å²) in [5.74, 6) is -0.117. The standard InChI is InChI=1S/C26H33N3O2/c1-5-22(17-24-18-27-19-25(30)28-21(24)4)14-15-26(31)29(6-2)16-10-11-20(3)23-12-8-7-9-13-23/h5,7-9,11-15,17,27H,4,6,10,16,18-19H2,1-3H3,(H,28,30)/b15-14+,20-11+,22-5-,24-17-. The van der Waals surface area contributed by atoms with Gasteiger partial charge >= 0.3 is 0 Å². The van der Waals surface area contributed by atoms with E-state index in [2.05, 4.69) is 42.3 Å². The molecule has 0 aliphatic carbocycles. The Morgan fingerprint density at radius 1 is 1.19 bits per heavy atom. The van der Waals surface area contributed by atoms with Gasteiger partial charge in [-0.1, -0.05) is 49.1 Å².